The SMILES string of the molecule is [N-]=[N+]=NCCS(=O)(=O)Cc1ccc(Cl)cc1. The average molecular weight is 260 g/mol. The van der Waals surface area contributed by atoms with E-state index in [9.17, 15) is 8.42 Å². The largest absolute Gasteiger partial charge is 0.228 e. The van der Waals surface area contributed by atoms with Gasteiger partial charge < -0.3 is 0 Å². The van der Waals surface area contributed by atoms with Crippen molar-refractivity contribution >= 4 is 21.4 Å². The minimum absolute atomic E-state index is 0.0353. The topological polar surface area (TPSA) is 82.9 Å². The summed E-state index contributed by atoms with van der Waals surface area (Å²) >= 11 is 5.68. The molecule has 1 rings (SSSR count). The molecule has 86 valence electrons. The molecule has 16 heavy (non-hydrogen) atoms. The van der Waals surface area contributed by atoms with Crippen molar-refractivity contribution < 1.29 is 8.42 Å². The van der Waals surface area contributed by atoms with Crippen molar-refractivity contribution in [2.75, 3.05) is 12.3 Å². The van der Waals surface area contributed by atoms with E-state index in [4.69, 9.17) is 17.1 Å². The van der Waals surface area contributed by atoms with Crippen LogP contribution in [0.15, 0.2) is 29.4 Å². The first kappa shape index (κ1) is 12.8. The number of hydrogen-bond acceptors (Lipinski definition) is 3. The molecule has 0 aliphatic carbocycles. The van der Waals surface area contributed by atoms with Crippen LogP contribution in [0.25, 0.3) is 10.4 Å². The van der Waals surface area contributed by atoms with E-state index in [-0.39, 0.29) is 18.1 Å². The quantitative estimate of drug-likeness (QED) is 0.462. The Kier molecular flexibility index (Phi) is 4.61. The zero-order chi connectivity index (χ0) is 12.0. The maximum atomic E-state index is 11.5. The molecule has 0 fully saturated rings. The minimum Gasteiger partial charge on any atom is -0.228 e. The summed E-state index contributed by atoms with van der Waals surface area (Å²) < 4.78 is 23.1. The number of sulfone groups is 1. The summed E-state index contributed by atoms with van der Waals surface area (Å²) in [4.78, 5) is 2.50. The van der Waals surface area contributed by atoms with Gasteiger partial charge in [-0.15, -0.1) is 0 Å². The van der Waals surface area contributed by atoms with Crippen LogP contribution in [0.4, 0.5) is 0 Å². The molecule has 0 aromatic heterocycles. The monoisotopic (exact) mass is 259 g/mol. The van der Waals surface area contributed by atoms with Gasteiger partial charge in [0.15, 0.2) is 9.84 Å². The Bertz CT molecular complexity index is 492. The van der Waals surface area contributed by atoms with E-state index >= 15 is 0 Å². The Morgan fingerprint density at radius 2 is 1.94 bits per heavy atom. The van der Waals surface area contributed by atoms with E-state index in [0.717, 1.165) is 0 Å². The van der Waals surface area contributed by atoms with Gasteiger partial charge in [0.05, 0.1) is 11.5 Å². The highest BCUT2D eigenvalue weighted by Crippen LogP contribution is 2.12. The third-order valence-corrected chi connectivity index (χ3v) is 3.70. The number of hydrogen-bond donors (Lipinski definition) is 0. The van der Waals surface area contributed by atoms with E-state index in [1.807, 2.05) is 0 Å². The summed E-state index contributed by atoms with van der Waals surface area (Å²) in [5.41, 5.74) is 8.70. The normalized spacial score (nSPS) is 10.8. The molecule has 0 N–H and O–H groups in total. The second-order valence-electron chi connectivity index (χ2n) is 3.17. The number of rotatable bonds is 5. The highest BCUT2D eigenvalue weighted by molar-refractivity contribution is 7.90. The summed E-state index contributed by atoms with van der Waals surface area (Å²) in [6.07, 6.45) is 0. The maximum absolute atomic E-state index is 11.5. The predicted molar refractivity (Wildman–Crippen MR) is 63.0 cm³/mol. The molecule has 0 unspecified atom stereocenters. The van der Waals surface area contributed by atoms with Crippen molar-refractivity contribution in [1.29, 1.82) is 0 Å². The van der Waals surface area contributed by atoms with E-state index in [0.29, 0.717) is 10.6 Å². The molecule has 0 saturated heterocycles. The lowest BCUT2D eigenvalue weighted by Gasteiger charge is -2.02. The zero-order valence-electron chi connectivity index (χ0n) is 8.38. The van der Waals surface area contributed by atoms with Crippen molar-refractivity contribution in [3.8, 4) is 0 Å². The summed E-state index contributed by atoms with van der Waals surface area (Å²) in [6, 6.07) is 6.60. The first-order chi connectivity index (χ1) is 7.53. The first-order valence-electron chi connectivity index (χ1n) is 4.49. The molecule has 7 heteroatoms. The third-order valence-electron chi connectivity index (χ3n) is 1.87. The van der Waals surface area contributed by atoms with Crippen molar-refractivity contribution in [1.82, 2.24) is 0 Å². The molecular weight excluding hydrogens is 250 g/mol. The summed E-state index contributed by atoms with van der Waals surface area (Å²) in [7, 11) is -3.23. The molecule has 0 saturated carbocycles. The number of halogens is 1. The van der Waals surface area contributed by atoms with Crippen molar-refractivity contribution in [2.45, 2.75) is 5.75 Å². The molecule has 0 heterocycles. The third kappa shape index (κ3) is 4.53. The van der Waals surface area contributed by atoms with E-state index < -0.39 is 9.84 Å². The van der Waals surface area contributed by atoms with Gasteiger partial charge in [0.1, 0.15) is 0 Å². The highest BCUT2D eigenvalue weighted by Gasteiger charge is 2.10. The van der Waals surface area contributed by atoms with Crippen LogP contribution in [0.1, 0.15) is 5.56 Å². The highest BCUT2D eigenvalue weighted by atomic mass is 35.5. The molecule has 0 aliphatic heterocycles. The first-order valence-corrected chi connectivity index (χ1v) is 6.69. The lowest BCUT2D eigenvalue weighted by Crippen LogP contribution is -2.11. The fourth-order valence-electron chi connectivity index (χ4n) is 1.13. The van der Waals surface area contributed by atoms with E-state index in [1.165, 1.54) is 0 Å². The second-order valence-corrected chi connectivity index (χ2v) is 5.79. The molecule has 0 atom stereocenters. The standard InChI is InChI=1S/C9H10ClN3O2S/c10-9-3-1-8(2-4-9)7-16(14,15)6-5-12-13-11/h1-4H,5-7H2. The van der Waals surface area contributed by atoms with Gasteiger partial charge in [0, 0.05) is 16.5 Å². The molecule has 5 nitrogen and oxygen atoms in total. The van der Waals surface area contributed by atoms with Crippen LogP contribution >= 0.6 is 11.6 Å². The van der Waals surface area contributed by atoms with E-state index in [1.54, 1.807) is 24.3 Å². The number of azide groups is 1. The van der Waals surface area contributed by atoms with Crippen LogP contribution in [0.3, 0.4) is 0 Å². The van der Waals surface area contributed by atoms with Gasteiger partial charge in [-0.05, 0) is 23.2 Å². The molecule has 0 amide bonds. The number of benzene rings is 1. The number of nitrogens with zero attached hydrogens (tertiary/aromatic N) is 3. The van der Waals surface area contributed by atoms with Crippen LogP contribution in [-0.4, -0.2) is 20.7 Å². The van der Waals surface area contributed by atoms with Gasteiger partial charge >= 0.3 is 0 Å². The summed E-state index contributed by atoms with van der Waals surface area (Å²) in [5.74, 6) is -0.204. The summed E-state index contributed by atoms with van der Waals surface area (Å²) in [6.45, 7) is -0.0353. The molecule has 0 bridgehead atoms. The lowest BCUT2D eigenvalue weighted by molar-refractivity contribution is 0.595. The van der Waals surface area contributed by atoms with Gasteiger partial charge in [0.25, 0.3) is 0 Å². The van der Waals surface area contributed by atoms with Crippen LogP contribution in [-0.2, 0) is 15.6 Å². The van der Waals surface area contributed by atoms with Crippen molar-refractivity contribution in [3.63, 3.8) is 0 Å². The molecule has 0 radical (unpaired) electrons. The smallest absolute Gasteiger partial charge is 0.154 e. The maximum Gasteiger partial charge on any atom is 0.154 e. The van der Waals surface area contributed by atoms with Crippen LogP contribution < -0.4 is 0 Å². The van der Waals surface area contributed by atoms with Crippen LogP contribution in [0.2, 0.25) is 5.02 Å². The van der Waals surface area contributed by atoms with Crippen molar-refractivity contribution in [2.24, 2.45) is 5.11 Å². The van der Waals surface area contributed by atoms with Gasteiger partial charge in [-0.2, -0.15) is 0 Å². The Morgan fingerprint density at radius 3 is 2.50 bits per heavy atom. The van der Waals surface area contributed by atoms with Crippen molar-refractivity contribution in [3.05, 3.63) is 45.3 Å². The molecular formula is C9H10ClN3O2S. The zero-order valence-corrected chi connectivity index (χ0v) is 9.95. The molecule has 0 spiro atoms. The fraction of sp³-hybridized carbons (Fsp3) is 0.333. The lowest BCUT2D eigenvalue weighted by atomic mass is 10.2. The molecule has 1 aromatic carbocycles. The minimum atomic E-state index is -3.23. The summed E-state index contributed by atoms with van der Waals surface area (Å²) in [5, 5.41) is 3.76. The van der Waals surface area contributed by atoms with Gasteiger partial charge in [-0.3, -0.25) is 0 Å². The Labute approximate surface area is 98.6 Å². The van der Waals surface area contributed by atoms with E-state index in [2.05, 4.69) is 10.0 Å². The van der Waals surface area contributed by atoms with Gasteiger partial charge in [-0.25, -0.2) is 8.42 Å². The molecule has 0 aliphatic rings. The van der Waals surface area contributed by atoms with Gasteiger partial charge in [-0.1, -0.05) is 28.8 Å². The Balaban J connectivity index is 2.65. The van der Waals surface area contributed by atoms with Crippen LogP contribution in [0, 0.1) is 0 Å². The second kappa shape index (κ2) is 5.75. The fourth-order valence-corrected chi connectivity index (χ4v) is 2.46. The molecule has 1 aromatic rings. The van der Waals surface area contributed by atoms with Crippen LogP contribution in [0.5, 0.6) is 0 Å². The average Bonchev–Trinajstić information content (AvgIpc) is 2.21. The van der Waals surface area contributed by atoms with Gasteiger partial charge in [0.2, 0.25) is 0 Å². The predicted octanol–water partition coefficient (Wildman–Crippen LogP) is 2.57. The Morgan fingerprint density at radius 1 is 1.31 bits per heavy atom. The Hall–Kier alpha value is -1.23.